The summed E-state index contributed by atoms with van der Waals surface area (Å²) in [5.41, 5.74) is 0.0373. The number of piperidine rings is 1. The van der Waals surface area contributed by atoms with Gasteiger partial charge in [-0.2, -0.15) is 0 Å². The Morgan fingerprint density at radius 1 is 1.31 bits per heavy atom. The van der Waals surface area contributed by atoms with Crippen molar-refractivity contribution >= 4 is 29.9 Å². The summed E-state index contributed by atoms with van der Waals surface area (Å²) in [6.45, 7) is 6.83. The second-order valence-electron chi connectivity index (χ2n) is 7.36. The van der Waals surface area contributed by atoms with Gasteiger partial charge in [0.05, 0.1) is 25.5 Å². The van der Waals surface area contributed by atoms with Crippen LogP contribution in [0.2, 0.25) is 0 Å². The molecule has 0 radical (unpaired) electrons. The van der Waals surface area contributed by atoms with E-state index in [9.17, 15) is 5.11 Å². The number of aliphatic hydroxyl groups excluding tert-OH is 1. The molecule has 1 atom stereocenters. The number of halogens is 1. The fourth-order valence-corrected chi connectivity index (χ4v) is 3.45. The molecule has 1 unspecified atom stereocenters. The van der Waals surface area contributed by atoms with Crippen molar-refractivity contribution in [3.8, 4) is 0 Å². The van der Waals surface area contributed by atoms with E-state index in [1.54, 1.807) is 6.26 Å². The molecule has 0 aromatic carbocycles. The molecule has 1 saturated heterocycles. The van der Waals surface area contributed by atoms with E-state index in [0.717, 1.165) is 50.7 Å². The summed E-state index contributed by atoms with van der Waals surface area (Å²) < 4.78 is 5.71. The first-order chi connectivity index (χ1) is 12.3. The molecule has 1 aliphatic carbocycles. The maximum Gasteiger partial charge on any atom is 0.191 e. The third-order valence-corrected chi connectivity index (χ3v) is 5.38. The lowest BCUT2D eigenvalue weighted by molar-refractivity contribution is 0.146. The molecule has 2 fully saturated rings. The third-order valence-electron chi connectivity index (χ3n) is 5.38. The van der Waals surface area contributed by atoms with Crippen molar-refractivity contribution in [2.75, 3.05) is 39.3 Å². The highest BCUT2D eigenvalue weighted by molar-refractivity contribution is 14.0. The summed E-state index contributed by atoms with van der Waals surface area (Å²) in [5, 5.41) is 16.3. The number of guanidine groups is 1. The first kappa shape index (κ1) is 21.5. The van der Waals surface area contributed by atoms with E-state index < -0.39 is 0 Å². The minimum absolute atomic E-state index is 0. The van der Waals surface area contributed by atoms with Gasteiger partial charge < -0.3 is 20.2 Å². The van der Waals surface area contributed by atoms with Gasteiger partial charge >= 0.3 is 0 Å². The van der Waals surface area contributed by atoms with Crippen LogP contribution in [0.1, 0.15) is 50.8 Å². The van der Waals surface area contributed by atoms with Crippen LogP contribution in [0.4, 0.5) is 0 Å². The molecule has 1 aromatic rings. The predicted molar refractivity (Wildman–Crippen MR) is 115 cm³/mol. The second-order valence-corrected chi connectivity index (χ2v) is 7.36. The molecule has 0 bridgehead atoms. The predicted octanol–water partition coefficient (Wildman–Crippen LogP) is 2.75. The Morgan fingerprint density at radius 2 is 2.08 bits per heavy atom. The fraction of sp³-hybridized carbons (Fsp3) is 0.737. The van der Waals surface area contributed by atoms with Crippen LogP contribution in [0.5, 0.6) is 0 Å². The lowest BCUT2D eigenvalue weighted by Crippen LogP contribution is -2.44. The van der Waals surface area contributed by atoms with Gasteiger partial charge in [-0.15, -0.1) is 24.0 Å². The van der Waals surface area contributed by atoms with Crippen LogP contribution in [-0.2, 0) is 0 Å². The highest BCUT2D eigenvalue weighted by Crippen LogP contribution is 2.45. The molecule has 1 aromatic heterocycles. The molecule has 0 spiro atoms. The van der Waals surface area contributed by atoms with Crippen molar-refractivity contribution in [2.45, 2.75) is 45.1 Å². The highest BCUT2D eigenvalue weighted by atomic mass is 127. The van der Waals surface area contributed by atoms with Crippen molar-refractivity contribution in [3.63, 3.8) is 0 Å². The monoisotopic (exact) mass is 476 g/mol. The lowest BCUT2D eigenvalue weighted by atomic mass is 10.1. The Hall–Kier alpha value is -0.800. The second kappa shape index (κ2) is 10.5. The molecule has 0 amide bonds. The van der Waals surface area contributed by atoms with Crippen LogP contribution >= 0.6 is 24.0 Å². The van der Waals surface area contributed by atoms with E-state index in [4.69, 9.17) is 9.41 Å². The van der Waals surface area contributed by atoms with Gasteiger partial charge in [-0.25, -0.2) is 0 Å². The van der Waals surface area contributed by atoms with Crippen molar-refractivity contribution in [1.29, 1.82) is 0 Å². The van der Waals surface area contributed by atoms with E-state index in [1.807, 2.05) is 6.07 Å². The maximum absolute atomic E-state index is 9.48. The molecule has 6 nitrogen and oxygen atoms in total. The number of nitrogens with one attached hydrogen (secondary N) is 2. The Bertz CT molecular complexity index is 540. The molecular formula is C19H33IN4O2. The van der Waals surface area contributed by atoms with E-state index in [1.165, 1.54) is 19.3 Å². The molecule has 2 aliphatic rings. The minimum atomic E-state index is 0. The number of likely N-dealkylation sites (tertiary alicyclic amines) is 1. The number of rotatable bonds is 8. The summed E-state index contributed by atoms with van der Waals surface area (Å²) in [6, 6.07) is 4.26. The van der Waals surface area contributed by atoms with Crippen LogP contribution in [0.25, 0.3) is 0 Å². The number of hydrogen-bond acceptors (Lipinski definition) is 4. The molecule has 26 heavy (non-hydrogen) atoms. The molecule has 1 aliphatic heterocycles. The van der Waals surface area contributed by atoms with Crippen molar-refractivity contribution in [3.05, 3.63) is 24.2 Å². The molecule has 3 rings (SSSR count). The fourth-order valence-electron chi connectivity index (χ4n) is 3.45. The van der Waals surface area contributed by atoms with Gasteiger partial charge in [-0.05, 0) is 57.8 Å². The van der Waals surface area contributed by atoms with Crippen LogP contribution in [0.15, 0.2) is 27.8 Å². The topological polar surface area (TPSA) is 73.0 Å². The van der Waals surface area contributed by atoms with Crippen LogP contribution in [-0.4, -0.2) is 55.3 Å². The van der Waals surface area contributed by atoms with Gasteiger partial charge in [0.1, 0.15) is 5.76 Å². The van der Waals surface area contributed by atoms with Gasteiger partial charge in [0.25, 0.3) is 0 Å². The Balaban J connectivity index is 0.00000243. The molecule has 7 heteroatoms. The van der Waals surface area contributed by atoms with Crippen LogP contribution in [0.3, 0.4) is 0 Å². The standard InChI is InChI=1S/C19H32N4O2.HI/c1-2-20-18(22-14-19(15-24)8-9-19)21-13-16(17-7-6-12-25-17)23-10-4-3-5-11-23;/h6-7,12,16,24H,2-5,8-11,13-15H2,1H3,(H2,20,21,22);1H. The molecule has 148 valence electrons. The number of aliphatic imine (C=N–C) groups is 1. The zero-order valence-corrected chi connectivity index (χ0v) is 18.1. The minimum Gasteiger partial charge on any atom is -0.468 e. The van der Waals surface area contributed by atoms with Gasteiger partial charge in [0, 0.05) is 18.5 Å². The summed E-state index contributed by atoms with van der Waals surface area (Å²) in [5.74, 6) is 1.84. The van der Waals surface area contributed by atoms with E-state index in [0.29, 0.717) is 6.54 Å². The average molecular weight is 476 g/mol. The zero-order valence-electron chi connectivity index (χ0n) is 15.7. The third kappa shape index (κ3) is 5.85. The zero-order chi connectivity index (χ0) is 17.5. The summed E-state index contributed by atoms with van der Waals surface area (Å²) >= 11 is 0. The maximum atomic E-state index is 9.48. The van der Waals surface area contributed by atoms with Crippen molar-refractivity contribution in [2.24, 2.45) is 10.4 Å². The summed E-state index contributed by atoms with van der Waals surface area (Å²) in [6.07, 6.45) is 7.74. The largest absolute Gasteiger partial charge is 0.468 e. The van der Waals surface area contributed by atoms with Gasteiger partial charge in [-0.3, -0.25) is 9.89 Å². The van der Waals surface area contributed by atoms with E-state index in [-0.39, 0.29) is 42.0 Å². The van der Waals surface area contributed by atoms with Crippen molar-refractivity contribution < 1.29 is 9.52 Å². The number of aliphatic hydroxyl groups is 1. The Morgan fingerprint density at radius 3 is 2.65 bits per heavy atom. The first-order valence-electron chi connectivity index (χ1n) is 9.67. The lowest BCUT2D eigenvalue weighted by Gasteiger charge is -2.33. The van der Waals surface area contributed by atoms with Crippen LogP contribution < -0.4 is 10.6 Å². The normalized spacial score (nSPS) is 20.9. The SMILES string of the molecule is CCNC(=NCC1(CO)CC1)NCC(c1ccco1)N1CCCCC1.I. The van der Waals surface area contributed by atoms with Crippen molar-refractivity contribution in [1.82, 2.24) is 15.5 Å². The van der Waals surface area contributed by atoms with E-state index in [2.05, 4.69) is 28.5 Å². The Kier molecular flexibility index (Phi) is 8.69. The first-order valence-corrected chi connectivity index (χ1v) is 9.67. The molecule has 2 heterocycles. The van der Waals surface area contributed by atoms with E-state index >= 15 is 0 Å². The smallest absolute Gasteiger partial charge is 0.191 e. The summed E-state index contributed by atoms with van der Waals surface area (Å²) in [7, 11) is 0. The number of nitrogens with zero attached hydrogens (tertiary/aromatic N) is 2. The highest BCUT2D eigenvalue weighted by Gasteiger charge is 2.41. The van der Waals surface area contributed by atoms with Gasteiger partial charge in [0.15, 0.2) is 5.96 Å². The molecular weight excluding hydrogens is 443 g/mol. The number of furan rings is 1. The van der Waals surface area contributed by atoms with Gasteiger partial charge in [0.2, 0.25) is 0 Å². The Labute approximate surface area is 173 Å². The average Bonchev–Trinajstić information content (AvgIpc) is 3.24. The van der Waals surface area contributed by atoms with Gasteiger partial charge in [-0.1, -0.05) is 6.42 Å². The summed E-state index contributed by atoms with van der Waals surface area (Å²) in [4.78, 5) is 7.21. The quantitative estimate of drug-likeness (QED) is 0.306. The number of hydrogen-bond donors (Lipinski definition) is 3. The molecule has 3 N–H and O–H groups in total. The molecule has 1 saturated carbocycles. The van der Waals surface area contributed by atoms with Crippen LogP contribution in [0, 0.1) is 5.41 Å².